The summed E-state index contributed by atoms with van der Waals surface area (Å²) in [5.41, 5.74) is 5.73. The van der Waals surface area contributed by atoms with Crippen LogP contribution in [0.15, 0.2) is 49.8 Å². The van der Waals surface area contributed by atoms with Gasteiger partial charge in [-0.05, 0) is 46.3 Å². The van der Waals surface area contributed by atoms with E-state index in [9.17, 15) is 4.39 Å². The van der Waals surface area contributed by atoms with Crippen molar-refractivity contribution in [3.05, 3.63) is 56.2 Å². The second kappa shape index (κ2) is 6.87. The summed E-state index contributed by atoms with van der Waals surface area (Å²) in [4.78, 5) is 0.965. The molecule has 2 aromatic carbocycles. The Morgan fingerprint density at radius 1 is 1.24 bits per heavy atom. The number of rotatable bonds is 3. The third-order valence-corrected chi connectivity index (χ3v) is 5.09. The fourth-order valence-corrected chi connectivity index (χ4v) is 3.60. The van der Waals surface area contributed by atoms with E-state index in [0.717, 1.165) is 11.8 Å². The van der Waals surface area contributed by atoms with Crippen molar-refractivity contribution >= 4 is 56.7 Å². The molecule has 0 aliphatic heterocycles. The van der Waals surface area contributed by atoms with Crippen molar-refractivity contribution in [1.82, 2.24) is 0 Å². The van der Waals surface area contributed by atoms with Gasteiger partial charge in [0.15, 0.2) is 11.7 Å². The lowest BCUT2D eigenvalue weighted by molar-refractivity contribution is 0.318. The molecular formula is C13H8BrCl2FN2OS. The molecule has 21 heavy (non-hydrogen) atoms. The summed E-state index contributed by atoms with van der Waals surface area (Å²) in [5, 5.41) is 12.5. The summed E-state index contributed by atoms with van der Waals surface area (Å²) in [6.07, 6.45) is 0. The number of halogens is 4. The largest absolute Gasteiger partial charge is 0.409 e. The maximum Gasteiger partial charge on any atom is 0.171 e. The highest BCUT2D eigenvalue weighted by molar-refractivity contribution is 9.10. The van der Waals surface area contributed by atoms with E-state index >= 15 is 0 Å². The van der Waals surface area contributed by atoms with Crippen molar-refractivity contribution in [3.8, 4) is 0 Å². The number of amidine groups is 1. The van der Waals surface area contributed by atoms with Gasteiger partial charge in [-0.2, -0.15) is 0 Å². The van der Waals surface area contributed by atoms with Gasteiger partial charge >= 0.3 is 0 Å². The molecule has 0 spiro atoms. The highest BCUT2D eigenvalue weighted by atomic mass is 79.9. The molecule has 110 valence electrons. The summed E-state index contributed by atoms with van der Waals surface area (Å²) in [7, 11) is 0. The minimum absolute atomic E-state index is 0.112. The third kappa shape index (κ3) is 3.63. The smallest absolute Gasteiger partial charge is 0.171 e. The average molecular weight is 410 g/mol. The van der Waals surface area contributed by atoms with Crippen LogP contribution in [0, 0.1) is 5.82 Å². The first-order chi connectivity index (χ1) is 9.93. The monoisotopic (exact) mass is 408 g/mol. The first kappa shape index (κ1) is 16.4. The van der Waals surface area contributed by atoms with Crippen LogP contribution in [0.25, 0.3) is 0 Å². The minimum atomic E-state index is -0.528. The molecule has 0 aliphatic rings. The molecule has 0 saturated carbocycles. The Balaban J connectivity index is 2.42. The van der Waals surface area contributed by atoms with Gasteiger partial charge in [0, 0.05) is 20.4 Å². The van der Waals surface area contributed by atoms with Crippen molar-refractivity contribution in [2.75, 3.05) is 0 Å². The van der Waals surface area contributed by atoms with Gasteiger partial charge in [0.1, 0.15) is 0 Å². The van der Waals surface area contributed by atoms with Gasteiger partial charge in [-0.1, -0.05) is 40.1 Å². The standard InChI is InChI=1S/C13H8BrCl2FN2OS/c14-11-7(13(18)19-20)2-4-9(12(11)17)21-10-5-6(15)1-3-8(10)16/h1-5,20H,(H2,18,19). The molecule has 0 unspecified atom stereocenters. The number of nitrogens with zero attached hydrogens (tertiary/aromatic N) is 1. The summed E-state index contributed by atoms with van der Waals surface area (Å²) in [6, 6.07) is 8.02. The number of nitrogens with two attached hydrogens (primary N) is 1. The van der Waals surface area contributed by atoms with Crippen LogP contribution in [0.2, 0.25) is 10.0 Å². The lowest BCUT2D eigenvalue weighted by Gasteiger charge is -2.09. The van der Waals surface area contributed by atoms with E-state index in [4.69, 9.17) is 34.1 Å². The van der Waals surface area contributed by atoms with Gasteiger partial charge in [0.2, 0.25) is 0 Å². The van der Waals surface area contributed by atoms with Crippen molar-refractivity contribution in [1.29, 1.82) is 0 Å². The Kier molecular flexibility index (Phi) is 5.37. The summed E-state index contributed by atoms with van der Waals surface area (Å²) in [5.74, 6) is -0.710. The molecule has 3 N–H and O–H groups in total. The minimum Gasteiger partial charge on any atom is -0.409 e. The quantitative estimate of drug-likeness (QED) is 0.319. The second-order valence-corrected chi connectivity index (χ2v) is 6.62. The third-order valence-electron chi connectivity index (χ3n) is 2.54. The second-order valence-electron chi connectivity index (χ2n) is 3.90. The lowest BCUT2D eigenvalue weighted by atomic mass is 10.2. The Morgan fingerprint density at radius 3 is 2.62 bits per heavy atom. The molecule has 0 fully saturated rings. The van der Waals surface area contributed by atoms with Crippen LogP contribution in [0.1, 0.15) is 5.56 Å². The number of hydrogen-bond donors (Lipinski definition) is 2. The number of oxime groups is 1. The molecule has 0 heterocycles. The van der Waals surface area contributed by atoms with Crippen molar-refractivity contribution in [3.63, 3.8) is 0 Å². The zero-order valence-corrected chi connectivity index (χ0v) is 14.2. The fourth-order valence-electron chi connectivity index (χ4n) is 1.54. The zero-order chi connectivity index (χ0) is 15.6. The molecule has 0 atom stereocenters. The first-order valence-corrected chi connectivity index (χ1v) is 7.89. The molecule has 0 saturated heterocycles. The van der Waals surface area contributed by atoms with Crippen LogP contribution >= 0.6 is 50.9 Å². The molecular weight excluding hydrogens is 402 g/mol. The zero-order valence-electron chi connectivity index (χ0n) is 10.3. The maximum atomic E-state index is 14.3. The van der Waals surface area contributed by atoms with E-state index in [-0.39, 0.29) is 15.9 Å². The molecule has 0 bridgehead atoms. The van der Waals surface area contributed by atoms with Crippen LogP contribution in [0.3, 0.4) is 0 Å². The van der Waals surface area contributed by atoms with Gasteiger partial charge in [0.05, 0.1) is 9.50 Å². The molecule has 2 aromatic rings. The number of benzene rings is 2. The van der Waals surface area contributed by atoms with Crippen LogP contribution in [-0.2, 0) is 0 Å². The van der Waals surface area contributed by atoms with Gasteiger partial charge in [-0.15, -0.1) is 0 Å². The maximum absolute atomic E-state index is 14.3. The molecule has 2 rings (SSSR count). The van der Waals surface area contributed by atoms with Crippen LogP contribution in [0.4, 0.5) is 4.39 Å². The Morgan fingerprint density at radius 2 is 1.95 bits per heavy atom. The van der Waals surface area contributed by atoms with E-state index in [2.05, 4.69) is 21.1 Å². The molecule has 0 aromatic heterocycles. The Hall–Kier alpha value is -0.950. The molecule has 0 radical (unpaired) electrons. The SMILES string of the molecule is N/C(=N/O)c1ccc(Sc2cc(Cl)ccc2Cl)c(F)c1Br. The predicted molar refractivity (Wildman–Crippen MR) is 87.2 cm³/mol. The topological polar surface area (TPSA) is 58.6 Å². The molecule has 0 amide bonds. The van der Waals surface area contributed by atoms with Crippen LogP contribution < -0.4 is 5.73 Å². The predicted octanol–water partition coefficient (Wildman–Crippen LogP) is 5.14. The van der Waals surface area contributed by atoms with Crippen molar-refractivity contribution in [2.45, 2.75) is 9.79 Å². The summed E-state index contributed by atoms with van der Waals surface area (Å²) < 4.78 is 14.5. The van der Waals surface area contributed by atoms with Gasteiger partial charge in [-0.3, -0.25) is 0 Å². The Labute approximate surface area is 143 Å². The fraction of sp³-hybridized carbons (Fsp3) is 0. The molecule has 3 nitrogen and oxygen atoms in total. The van der Waals surface area contributed by atoms with E-state index in [0.29, 0.717) is 19.8 Å². The van der Waals surface area contributed by atoms with Crippen LogP contribution in [-0.4, -0.2) is 11.0 Å². The van der Waals surface area contributed by atoms with Gasteiger partial charge in [-0.25, -0.2) is 4.39 Å². The van der Waals surface area contributed by atoms with E-state index in [1.807, 2.05) is 0 Å². The highest BCUT2D eigenvalue weighted by Crippen LogP contribution is 2.38. The first-order valence-electron chi connectivity index (χ1n) is 5.53. The normalized spacial score (nSPS) is 11.7. The Bertz CT molecular complexity index is 728. The summed E-state index contributed by atoms with van der Waals surface area (Å²) in [6.45, 7) is 0. The average Bonchev–Trinajstić information content (AvgIpc) is 2.47. The van der Waals surface area contributed by atoms with Crippen molar-refractivity contribution < 1.29 is 9.60 Å². The van der Waals surface area contributed by atoms with Crippen LogP contribution in [0.5, 0.6) is 0 Å². The van der Waals surface area contributed by atoms with Crippen molar-refractivity contribution in [2.24, 2.45) is 10.9 Å². The summed E-state index contributed by atoms with van der Waals surface area (Å²) >= 11 is 16.2. The van der Waals surface area contributed by atoms with E-state index in [1.165, 1.54) is 6.07 Å². The molecule has 0 aliphatic carbocycles. The van der Waals surface area contributed by atoms with E-state index in [1.54, 1.807) is 24.3 Å². The van der Waals surface area contributed by atoms with Gasteiger partial charge < -0.3 is 10.9 Å². The van der Waals surface area contributed by atoms with E-state index < -0.39 is 5.82 Å². The number of hydrogen-bond acceptors (Lipinski definition) is 3. The lowest BCUT2D eigenvalue weighted by Crippen LogP contribution is -2.14. The highest BCUT2D eigenvalue weighted by Gasteiger charge is 2.16. The van der Waals surface area contributed by atoms with Gasteiger partial charge in [0.25, 0.3) is 0 Å². The molecule has 8 heteroatoms.